The van der Waals surface area contributed by atoms with E-state index in [-0.39, 0.29) is 30.1 Å². The molecule has 3 rings (SSSR count). The highest BCUT2D eigenvalue weighted by Crippen LogP contribution is 2.39. The fraction of sp³-hybridized carbons (Fsp3) is 0.471. The maximum atomic E-state index is 12.5. The van der Waals surface area contributed by atoms with Crippen molar-refractivity contribution in [3.8, 4) is 0 Å². The number of carboxylic acids is 1. The van der Waals surface area contributed by atoms with Crippen LogP contribution in [0, 0.1) is 11.8 Å². The molecule has 5 heteroatoms. The second-order valence-corrected chi connectivity index (χ2v) is 6.09. The van der Waals surface area contributed by atoms with Crippen LogP contribution in [0.5, 0.6) is 0 Å². The third-order valence-electron chi connectivity index (χ3n) is 4.74. The Morgan fingerprint density at radius 2 is 1.64 bits per heavy atom. The Morgan fingerprint density at radius 1 is 1.09 bits per heavy atom. The Hall–Kier alpha value is -2.17. The summed E-state index contributed by atoms with van der Waals surface area (Å²) in [6, 6.07) is 8.01. The van der Waals surface area contributed by atoms with E-state index in [0.717, 1.165) is 23.3 Å². The zero-order valence-electron chi connectivity index (χ0n) is 12.3. The first-order chi connectivity index (χ1) is 10.6. The molecular weight excluding hydrogens is 282 g/mol. The Balaban J connectivity index is 1.86. The van der Waals surface area contributed by atoms with E-state index in [4.69, 9.17) is 0 Å². The van der Waals surface area contributed by atoms with Gasteiger partial charge in [-0.3, -0.25) is 14.5 Å². The van der Waals surface area contributed by atoms with Gasteiger partial charge in [0.05, 0.1) is 11.8 Å². The van der Waals surface area contributed by atoms with Gasteiger partial charge in [-0.25, -0.2) is 4.79 Å². The van der Waals surface area contributed by atoms with Crippen LogP contribution in [0.2, 0.25) is 0 Å². The van der Waals surface area contributed by atoms with Crippen LogP contribution in [0.15, 0.2) is 30.3 Å². The van der Waals surface area contributed by atoms with Gasteiger partial charge in [-0.1, -0.05) is 43.2 Å². The van der Waals surface area contributed by atoms with E-state index >= 15 is 0 Å². The minimum absolute atomic E-state index is 0.160. The van der Waals surface area contributed by atoms with Gasteiger partial charge in [0, 0.05) is 6.42 Å². The van der Waals surface area contributed by atoms with E-state index in [9.17, 15) is 19.5 Å². The molecule has 0 bridgehead atoms. The zero-order chi connectivity index (χ0) is 15.7. The molecule has 2 aliphatic rings. The van der Waals surface area contributed by atoms with Crippen molar-refractivity contribution < 1.29 is 19.5 Å². The van der Waals surface area contributed by atoms with Crippen molar-refractivity contribution in [3.05, 3.63) is 35.9 Å². The number of fused-ring (bicyclic) bond motifs is 1. The van der Waals surface area contributed by atoms with Crippen LogP contribution < -0.4 is 0 Å². The fourth-order valence-electron chi connectivity index (χ4n) is 3.62. The van der Waals surface area contributed by atoms with Crippen molar-refractivity contribution in [1.82, 2.24) is 4.90 Å². The molecule has 2 amide bonds. The number of carbonyl (C=O) groups excluding carboxylic acids is 2. The largest absolute Gasteiger partial charge is 0.480 e. The van der Waals surface area contributed by atoms with Gasteiger partial charge in [0.15, 0.2) is 0 Å². The lowest BCUT2D eigenvalue weighted by Gasteiger charge is -2.23. The lowest BCUT2D eigenvalue weighted by molar-refractivity contribution is -0.155. The molecule has 1 saturated heterocycles. The van der Waals surface area contributed by atoms with Crippen LogP contribution in [0.25, 0.3) is 0 Å². The number of benzene rings is 1. The third kappa shape index (κ3) is 2.51. The summed E-state index contributed by atoms with van der Waals surface area (Å²) in [5.74, 6) is -2.32. The molecule has 2 fully saturated rings. The number of hydrogen-bond acceptors (Lipinski definition) is 3. The Labute approximate surface area is 128 Å². The summed E-state index contributed by atoms with van der Waals surface area (Å²) in [4.78, 5) is 37.7. The number of carboxylic acid groups (broad SMARTS) is 1. The molecule has 1 aromatic rings. The molecule has 1 aliphatic carbocycles. The van der Waals surface area contributed by atoms with Gasteiger partial charge in [0.1, 0.15) is 6.04 Å². The van der Waals surface area contributed by atoms with Crippen molar-refractivity contribution in [2.75, 3.05) is 0 Å². The summed E-state index contributed by atoms with van der Waals surface area (Å²) in [6.45, 7) is 0. The second kappa shape index (κ2) is 5.91. The first-order valence-electron chi connectivity index (χ1n) is 7.73. The molecule has 1 heterocycles. The molecule has 5 nitrogen and oxygen atoms in total. The Morgan fingerprint density at radius 3 is 2.14 bits per heavy atom. The van der Waals surface area contributed by atoms with Gasteiger partial charge in [-0.2, -0.15) is 0 Å². The van der Waals surface area contributed by atoms with E-state index in [1.54, 1.807) is 0 Å². The summed E-state index contributed by atoms with van der Waals surface area (Å²) in [5.41, 5.74) is 0.811. The molecule has 0 aromatic heterocycles. The highest BCUT2D eigenvalue weighted by Gasteiger charge is 2.51. The van der Waals surface area contributed by atoms with E-state index < -0.39 is 12.0 Å². The van der Waals surface area contributed by atoms with Crippen LogP contribution in [-0.2, 0) is 20.8 Å². The monoisotopic (exact) mass is 301 g/mol. The molecule has 1 N–H and O–H groups in total. The van der Waals surface area contributed by atoms with Crippen LogP contribution >= 0.6 is 0 Å². The molecule has 0 spiro atoms. The number of rotatable bonds is 4. The maximum absolute atomic E-state index is 12.5. The van der Waals surface area contributed by atoms with Crippen molar-refractivity contribution >= 4 is 17.8 Å². The van der Waals surface area contributed by atoms with Crippen molar-refractivity contribution in [2.45, 2.75) is 38.1 Å². The van der Waals surface area contributed by atoms with Gasteiger partial charge < -0.3 is 5.11 Å². The number of nitrogens with zero attached hydrogens (tertiary/aromatic N) is 1. The molecule has 0 radical (unpaired) electrons. The minimum atomic E-state index is -1.12. The summed E-state index contributed by atoms with van der Waals surface area (Å²) in [6.07, 6.45) is 3.43. The topological polar surface area (TPSA) is 74.7 Å². The average molecular weight is 301 g/mol. The van der Waals surface area contributed by atoms with E-state index in [1.165, 1.54) is 0 Å². The molecule has 3 atom stereocenters. The number of hydrogen-bond donors (Lipinski definition) is 1. The highest BCUT2D eigenvalue weighted by molar-refractivity contribution is 6.07. The molecule has 1 saturated carbocycles. The normalized spacial score (nSPS) is 25.9. The second-order valence-electron chi connectivity index (χ2n) is 6.09. The van der Waals surface area contributed by atoms with Crippen LogP contribution in [-0.4, -0.2) is 33.8 Å². The number of imide groups is 1. The van der Waals surface area contributed by atoms with Crippen LogP contribution in [0.4, 0.5) is 0 Å². The van der Waals surface area contributed by atoms with E-state index in [0.29, 0.717) is 12.8 Å². The molecule has 1 aromatic carbocycles. The van der Waals surface area contributed by atoms with Crippen molar-refractivity contribution in [1.29, 1.82) is 0 Å². The maximum Gasteiger partial charge on any atom is 0.327 e. The van der Waals surface area contributed by atoms with Gasteiger partial charge in [0.25, 0.3) is 0 Å². The lowest BCUT2D eigenvalue weighted by Crippen LogP contribution is -2.46. The Bertz CT molecular complexity index is 574. The summed E-state index contributed by atoms with van der Waals surface area (Å²) < 4.78 is 0. The standard InChI is InChI=1S/C17H19NO4/c19-15-12-8-4-5-9-13(12)16(20)18(15)14(17(21)22)10-11-6-2-1-3-7-11/h1-3,6-7,12-14H,4-5,8-10H2,(H,21,22)/t12-,13+,14-/m0/s1. The number of carbonyl (C=O) groups is 3. The van der Waals surface area contributed by atoms with E-state index in [1.807, 2.05) is 30.3 Å². The lowest BCUT2D eigenvalue weighted by atomic mass is 9.81. The quantitative estimate of drug-likeness (QED) is 0.861. The summed E-state index contributed by atoms with van der Waals surface area (Å²) >= 11 is 0. The predicted molar refractivity (Wildman–Crippen MR) is 78.9 cm³/mol. The molecule has 116 valence electrons. The molecule has 22 heavy (non-hydrogen) atoms. The number of amides is 2. The molecule has 0 unspecified atom stereocenters. The zero-order valence-corrected chi connectivity index (χ0v) is 12.3. The Kier molecular flexibility index (Phi) is 3.96. The number of aliphatic carboxylic acids is 1. The predicted octanol–water partition coefficient (Wildman–Crippen LogP) is 1.86. The first kappa shape index (κ1) is 14.8. The van der Waals surface area contributed by atoms with Gasteiger partial charge in [0.2, 0.25) is 11.8 Å². The van der Waals surface area contributed by atoms with Crippen LogP contribution in [0.3, 0.4) is 0 Å². The van der Waals surface area contributed by atoms with E-state index in [2.05, 4.69) is 0 Å². The van der Waals surface area contributed by atoms with Gasteiger partial charge in [-0.15, -0.1) is 0 Å². The molecule has 1 aliphatic heterocycles. The van der Waals surface area contributed by atoms with Gasteiger partial charge >= 0.3 is 5.97 Å². The summed E-state index contributed by atoms with van der Waals surface area (Å²) in [5, 5.41) is 9.52. The average Bonchev–Trinajstić information content (AvgIpc) is 2.78. The number of likely N-dealkylation sites (tertiary alicyclic amines) is 1. The van der Waals surface area contributed by atoms with Crippen molar-refractivity contribution in [3.63, 3.8) is 0 Å². The first-order valence-corrected chi connectivity index (χ1v) is 7.73. The molecular formula is C17H19NO4. The minimum Gasteiger partial charge on any atom is -0.480 e. The van der Waals surface area contributed by atoms with Gasteiger partial charge in [-0.05, 0) is 18.4 Å². The highest BCUT2D eigenvalue weighted by atomic mass is 16.4. The SMILES string of the molecule is O=C(O)[C@H](Cc1ccccc1)N1C(=O)[C@H]2CCCC[C@H]2C1=O. The fourth-order valence-corrected chi connectivity index (χ4v) is 3.62. The smallest absolute Gasteiger partial charge is 0.327 e. The van der Waals surface area contributed by atoms with Crippen LogP contribution in [0.1, 0.15) is 31.2 Å². The summed E-state index contributed by atoms with van der Waals surface area (Å²) in [7, 11) is 0. The van der Waals surface area contributed by atoms with Crippen molar-refractivity contribution in [2.24, 2.45) is 11.8 Å². The third-order valence-corrected chi connectivity index (χ3v) is 4.74.